The van der Waals surface area contributed by atoms with Gasteiger partial charge in [-0.15, -0.1) is 11.3 Å². The van der Waals surface area contributed by atoms with Crippen LogP contribution in [0, 0.1) is 5.92 Å². The van der Waals surface area contributed by atoms with Crippen molar-refractivity contribution in [1.29, 1.82) is 0 Å². The maximum absolute atomic E-state index is 11.9. The lowest BCUT2D eigenvalue weighted by Gasteiger charge is -2.31. The highest BCUT2D eigenvalue weighted by Crippen LogP contribution is 2.20. The van der Waals surface area contributed by atoms with Crippen molar-refractivity contribution in [2.75, 3.05) is 19.7 Å². The molecule has 0 aromatic carbocycles. The molecule has 1 aliphatic heterocycles. The molecule has 0 saturated carbocycles. The molecule has 1 aliphatic rings. The summed E-state index contributed by atoms with van der Waals surface area (Å²) in [6.07, 6.45) is 1.79. The van der Waals surface area contributed by atoms with E-state index in [-0.39, 0.29) is 12.6 Å². The summed E-state index contributed by atoms with van der Waals surface area (Å²) < 4.78 is 1.06. The van der Waals surface area contributed by atoms with Gasteiger partial charge in [-0.3, -0.25) is 0 Å². The number of aliphatic hydroxyl groups is 1. The van der Waals surface area contributed by atoms with Crippen LogP contribution in [0.15, 0.2) is 15.9 Å². The lowest BCUT2D eigenvalue weighted by molar-refractivity contribution is 0.137. The first kappa shape index (κ1) is 13.8. The summed E-state index contributed by atoms with van der Waals surface area (Å²) in [6.45, 7) is 2.30. The Morgan fingerprint density at radius 1 is 1.56 bits per heavy atom. The Hall–Kier alpha value is -0.590. The molecule has 2 amide bonds. The van der Waals surface area contributed by atoms with Crippen LogP contribution in [-0.4, -0.2) is 35.7 Å². The molecule has 2 heterocycles. The molecule has 1 saturated heterocycles. The highest BCUT2D eigenvalue weighted by atomic mass is 79.9. The molecule has 4 nitrogen and oxygen atoms in total. The van der Waals surface area contributed by atoms with Crippen molar-refractivity contribution in [3.63, 3.8) is 0 Å². The SMILES string of the molecule is O=C(NCc1cc(Br)cs1)N1CCC(CO)CC1. The van der Waals surface area contributed by atoms with Gasteiger partial charge in [0.05, 0.1) is 6.54 Å². The molecule has 6 heteroatoms. The monoisotopic (exact) mass is 332 g/mol. The first-order chi connectivity index (χ1) is 8.69. The summed E-state index contributed by atoms with van der Waals surface area (Å²) in [7, 11) is 0. The molecule has 0 atom stereocenters. The second-order valence-electron chi connectivity index (χ2n) is 4.50. The van der Waals surface area contributed by atoms with E-state index < -0.39 is 0 Å². The number of halogens is 1. The van der Waals surface area contributed by atoms with Crippen LogP contribution in [0.4, 0.5) is 4.79 Å². The molecule has 100 valence electrons. The van der Waals surface area contributed by atoms with E-state index in [4.69, 9.17) is 5.11 Å². The number of rotatable bonds is 3. The third-order valence-electron chi connectivity index (χ3n) is 3.20. The molecule has 1 aromatic rings. The zero-order valence-electron chi connectivity index (χ0n) is 10.1. The van der Waals surface area contributed by atoms with Gasteiger partial charge in [-0.2, -0.15) is 0 Å². The van der Waals surface area contributed by atoms with E-state index in [1.807, 2.05) is 16.3 Å². The number of hydrogen-bond donors (Lipinski definition) is 2. The number of piperidine rings is 1. The summed E-state index contributed by atoms with van der Waals surface area (Å²) in [6, 6.07) is 2.01. The molecule has 1 aromatic heterocycles. The van der Waals surface area contributed by atoms with Gasteiger partial charge in [0, 0.05) is 34.4 Å². The third-order valence-corrected chi connectivity index (χ3v) is 4.89. The van der Waals surface area contributed by atoms with Gasteiger partial charge in [-0.25, -0.2) is 4.79 Å². The van der Waals surface area contributed by atoms with E-state index in [1.165, 1.54) is 0 Å². The number of amides is 2. The van der Waals surface area contributed by atoms with Gasteiger partial charge in [0.25, 0.3) is 0 Å². The van der Waals surface area contributed by atoms with Crippen LogP contribution in [0.3, 0.4) is 0 Å². The largest absolute Gasteiger partial charge is 0.396 e. The minimum Gasteiger partial charge on any atom is -0.396 e. The van der Waals surface area contributed by atoms with E-state index >= 15 is 0 Å². The Balaban J connectivity index is 1.75. The van der Waals surface area contributed by atoms with Crippen LogP contribution >= 0.6 is 27.3 Å². The predicted molar refractivity (Wildman–Crippen MR) is 75.6 cm³/mol. The van der Waals surface area contributed by atoms with Crippen molar-refractivity contribution in [2.45, 2.75) is 19.4 Å². The Morgan fingerprint density at radius 3 is 2.83 bits per heavy atom. The number of urea groups is 1. The topological polar surface area (TPSA) is 52.6 Å². The molecule has 18 heavy (non-hydrogen) atoms. The molecule has 0 spiro atoms. The third kappa shape index (κ3) is 3.70. The highest BCUT2D eigenvalue weighted by molar-refractivity contribution is 9.10. The van der Waals surface area contributed by atoms with E-state index in [0.29, 0.717) is 12.5 Å². The fourth-order valence-electron chi connectivity index (χ4n) is 2.04. The predicted octanol–water partition coefficient (Wildman–Crippen LogP) is 2.42. The fourth-order valence-corrected chi connectivity index (χ4v) is 3.43. The number of carbonyl (C=O) groups is 1. The normalized spacial score (nSPS) is 16.9. The summed E-state index contributed by atoms with van der Waals surface area (Å²) in [5.41, 5.74) is 0. The maximum Gasteiger partial charge on any atom is 0.317 e. The van der Waals surface area contributed by atoms with Crippen LogP contribution in [0.1, 0.15) is 17.7 Å². The molecule has 0 radical (unpaired) electrons. The Morgan fingerprint density at radius 2 is 2.28 bits per heavy atom. The Kier molecular flexibility index (Phi) is 5.03. The van der Waals surface area contributed by atoms with Gasteiger partial charge in [-0.05, 0) is 40.8 Å². The first-order valence-corrected chi connectivity index (χ1v) is 7.73. The Bertz CT molecular complexity index is 403. The zero-order valence-corrected chi connectivity index (χ0v) is 12.5. The van der Waals surface area contributed by atoms with Gasteiger partial charge in [0.15, 0.2) is 0 Å². The van der Waals surface area contributed by atoms with Crippen LogP contribution in [-0.2, 0) is 6.54 Å². The number of nitrogens with one attached hydrogen (secondary N) is 1. The average molecular weight is 333 g/mol. The minimum atomic E-state index is -0.00378. The highest BCUT2D eigenvalue weighted by Gasteiger charge is 2.21. The van der Waals surface area contributed by atoms with Crippen molar-refractivity contribution in [2.24, 2.45) is 5.92 Å². The molecule has 0 unspecified atom stereocenters. The number of hydrogen-bond acceptors (Lipinski definition) is 3. The smallest absolute Gasteiger partial charge is 0.317 e. The lowest BCUT2D eigenvalue weighted by Crippen LogP contribution is -2.44. The summed E-state index contributed by atoms with van der Waals surface area (Å²) in [4.78, 5) is 14.9. The van der Waals surface area contributed by atoms with E-state index in [1.54, 1.807) is 11.3 Å². The molecule has 2 N–H and O–H groups in total. The first-order valence-electron chi connectivity index (χ1n) is 6.05. The van der Waals surface area contributed by atoms with Crippen LogP contribution < -0.4 is 5.32 Å². The van der Waals surface area contributed by atoms with Gasteiger partial charge in [0.2, 0.25) is 0 Å². The number of nitrogens with zero attached hydrogens (tertiary/aromatic N) is 1. The lowest BCUT2D eigenvalue weighted by atomic mass is 9.98. The second kappa shape index (κ2) is 6.54. The van der Waals surface area contributed by atoms with Crippen molar-refractivity contribution in [3.05, 3.63) is 20.8 Å². The van der Waals surface area contributed by atoms with Gasteiger partial charge >= 0.3 is 6.03 Å². The number of carbonyl (C=O) groups excluding carboxylic acids is 1. The number of aliphatic hydroxyl groups excluding tert-OH is 1. The maximum atomic E-state index is 11.9. The van der Waals surface area contributed by atoms with Gasteiger partial charge in [0.1, 0.15) is 0 Å². The molecule has 1 fully saturated rings. The van der Waals surface area contributed by atoms with Crippen molar-refractivity contribution in [3.8, 4) is 0 Å². The van der Waals surface area contributed by atoms with Gasteiger partial charge < -0.3 is 15.3 Å². The summed E-state index contributed by atoms with van der Waals surface area (Å²) in [5, 5.41) is 14.0. The standard InChI is InChI=1S/C12H17BrN2O2S/c13-10-5-11(18-8-10)6-14-12(17)15-3-1-9(7-16)2-4-15/h5,8-9,16H,1-4,6-7H2,(H,14,17). The number of likely N-dealkylation sites (tertiary alicyclic amines) is 1. The molecular weight excluding hydrogens is 316 g/mol. The van der Waals surface area contributed by atoms with Crippen molar-refractivity contribution >= 4 is 33.3 Å². The van der Waals surface area contributed by atoms with Crippen LogP contribution in [0.5, 0.6) is 0 Å². The zero-order chi connectivity index (χ0) is 13.0. The molecule has 0 bridgehead atoms. The second-order valence-corrected chi connectivity index (χ2v) is 6.41. The molecule has 2 rings (SSSR count). The average Bonchev–Trinajstić information content (AvgIpc) is 2.82. The minimum absolute atomic E-state index is 0.00378. The van der Waals surface area contributed by atoms with Crippen molar-refractivity contribution < 1.29 is 9.90 Å². The van der Waals surface area contributed by atoms with Gasteiger partial charge in [-0.1, -0.05) is 0 Å². The van der Waals surface area contributed by atoms with Crippen LogP contribution in [0.2, 0.25) is 0 Å². The Labute approximate surface area is 119 Å². The summed E-state index contributed by atoms with van der Waals surface area (Å²) >= 11 is 5.02. The summed E-state index contributed by atoms with van der Waals surface area (Å²) in [5.74, 6) is 0.363. The van der Waals surface area contributed by atoms with Crippen molar-refractivity contribution in [1.82, 2.24) is 10.2 Å². The van der Waals surface area contributed by atoms with E-state index in [9.17, 15) is 4.79 Å². The number of thiophene rings is 1. The van der Waals surface area contributed by atoms with E-state index in [0.717, 1.165) is 35.3 Å². The van der Waals surface area contributed by atoms with Crippen LogP contribution in [0.25, 0.3) is 0 Å². The molecule has 0 aliphatic carbocycles. The fraction of sp³-hybridized carbons (Fsp3) is 0.583. The van der Waals surface area contributed by atoms with E-state index in [2.05, 4.69) is 21.2 Å². The molecular formula is C12H17BrN2O2S. The quantitative estimate of drug-likeness (QED) is 0.893.